The minimum atomic E-state index is -0.262. The number of allylic oxidation sites excluding steroid dienone is 2. The van der Waals surface area contributed by atoms with E-state index in [0.717, 1.165) is 23.2 Å². The van der Waals surface area contributed by atoms with E-state index in [9.17, 15) is 4.39 Å². The number of ether oxygens (including phenoxy) is 1. The normalized spacial score (nSPS) is 20.1. The van der Waals surface area contributed by atoms with Crippen LogP contribution in [0.25, 0.3) is 0 Å². The van der Waals surface area contributed by atoms with Gasteiger partial charge in [0.05, 0.1) is 11.7 Å². The van der Waals surface area contributed by atoms with Crippen molar-refractivity contribution in [1.29, 1.82) is 0 Å². The topological polar surface area (TPSA) is 33.6 Å². The zero-order valence-corrected chi connectivity index (χ0v) is 19.8. The first-order valence-corrected chi connectivity index (χ1v) is 12.4. The predicted molar refractivity (Wildman–Crippen MR) is 144 cm³/mol. The third kappa shape index (κ3) is 4.55. The Hall–Kier alpha value is -4.18. The molecule has 36 heavy (non-hydrogen) atoms. The lowest BCUT2D eigenvalue weighted by Crippen LogP contribution is -2.28. The summed E-state index contributed by atoms with van der Waals surface area (Å²) < 4.78 is 19.4. The Bertz CT molecular complexity index is 1430. The van der Waals surface area contributed by atoms with Crippen LogP contribution in [0.15, 0.2) is 114 Å². The average Bonchev–Trinajstić information content (AvgIpc) is 3.42. The molecule has 0 spiro atoms. The molecule has 4 aromatic rings. The largest absolute Gasteiger partial charge is 0.488 e. The highest BCUT2D eigenvalue weighted by Crippen LogP contribution is 2.49. The van der Waals surface area contributed by atoms with Gasteiger partial charge >= 0.3 is 0 Å². The van der Waals surface area contributed by atoms with Crippen molar-refractivity contribution in [3.05, 3.63) is 137 Å². The lowest BCUT2D eigenvalue weighted by Gasteiger charge is -2.37. The van der Waals surface area contributed by atoms with Gasteiger partial charge in [-0.05, 0) is 71.5 Å². The highest BCUT2D eigenvalue weighted by atomic mass is 19.1. The Labute approximate surface area is 211 Å². The van der Waals surface area contributed by atoms with Crippen molar-refractivity contribution in [1.82, 2.24) is 0 Å². The number of para-hydroxylation sites is 2. The minimum absolute atomic E-state index is 0.262. The molecule has 4 heteroatoms. The molecule has 0 aromatic heterocycles. The summed E-state index contributed by atoms with van der Waals surface area (Å²) in [6.07, 6.45) is 7.59. The second kappa shape index (κ2) is 9.82. The zero-order chi connectivity index (χ0) is 24.3. The van der Waals surface area contributed by atoms with Crippen LogP contribution in [0.3, 0.4) is 0 Å². The van der Waals surface area contributed by atoms with Gasteiger partial charge in [0.25, 0.3) is 0 Å². The molecule has 0 bridgehead atoms. The maximum absolute atomic E-state index is 13.5. The van der Waals surface area contributed by atoms with Gasteiger partial charge < -0.3 is 10.1 Å². The second-order valence-electron chi connectivity index (χ2n) is 9.37. The number of fused-ring (bicyclic) bond motifs is 3. The molecule has 4 aromatic carbocycles. The van der Waals surface area contributed by atoms with Crippen molar-refractivity contribution in [2.45, 2.75) is 25.0 Å². The number of aliphatic imine (C=N–C) groups is 1. The standard InChI is InChI=1S/C32H27FN2O/c33-25-9-5-7-22(19-25)21-36-31-14-4-1-8-24(31)20-34-26-17-15-23(16-18-26)32-29-12-6-11-27(29)28-10-2-3-13-30(28)35-32/h1-11,13-20,27,29,32,35H,12,21H2/t27-,29+,32+/m1/s1. The van der Waals surface area contributed by atoms with Gasteiger partial charge in [0.2, 0.25) is 0 Å². The van der Waals surface area contributed by atoms with E-state index in [1.54, 1.807) is 6.07 Å². The lowest BCUT2D eigenvalue weighted by molar-refractivity contribution is 0.305. The summed E-state index contributed by atoms with van der Waals surface area (Å²) in [5.74, 6) is 1.44. The fourth-order valence-electron chi connectivity index (χ4n) is 5.29. The monoisotopic (exact) mass is 474 g/mol. The first kappa shape index (κ1) is 22.3. The number of hydrogen-bond acceptors (Lipinski definition) is 3. The van der Waals surface area contributed by atoms with Gasteiger partial charge in [0.1, 0.15) is 18.2 Å². The molecule has 6 rings (SSSR count). The first-order chi connectivity index (χ1) is 17.7. The van der Waals surface area contributed by atoms with Gasteiger partial charge in [-0.2, -0.15) is 0 Å². The Morgan fingerprint density at radius 2 is 1.75 bits per heavy atom. The van der Waals surface area contributed by atoms with Crippen LogP contribution in [-0.2, 0) is 6.61 Å². The van der Waals surface area contributed by atoms with Gasteiger partial charge in [-0.3, -0.25) is 4.99 Å². The van der Waals surface area contributed by atoms with Gasteiger partial charge in [-0.1, -0.05) is 66.7 Å². The van der Waals surface area contributed by atoms with E-state index in [2.05, 4.69) is 66.0 Å². The quantitative estimate of drug-likeness (QED) is 0.227. The average molecular weight is 475 g/mol. The Balaban J connectivity index is 1.17. The van der Waals surface area contributed by atoms with Crippen LogP contribution in [0.5, 0.6) is 5.75 Å². The molecule has 178 valence electrons. The predicted octanol–water partition coefficient (Wildman–Crippen LogP) is 7.98. The van der Waals surface area contributed by atoms with E-state index in [0.29, 0.717) is 24.2 Å². The van der Waals surface area contributed by atoms with Gasteiger partial charge in [-0.25, -0.2) is 4.39 Å². The Kier molecular flexibility index (Phi) is 6.08. The van der Waals surface area contributed by atoms with Crippen LogP contribution in [0.1, 0.15) is 40.6 Å². The Morgan fingerprint density at radius 1 is 0.917 bits per heavy atom. The third-order valence-corrected chi connectivity index (χ3v) is 7.08. The highest BCUT2D eigenvalue weighted by Gasteiger charge is 2.37. The van der Waals surface area contributed by atoms with Gasteiger partial charge in [-0.15, -0.1) is 0 Å². The van der Waals surface area contributed by atoms with Crippen LogP contribution in [0.4, 0.5) is 15.8 Å². The molecule has 1 N–H and O–H groups in total. The number of rotatable bonds is 6. The summed E-state index contributed by atoms with van der Waals surface area (Å²) in [4.78, 5) is 4.70. The van der Waals surface area contributed by atoms with Crippen LogP contribution in [0, 0.1) is 11.7 Å². The fourth-order valence-corrected chi connectivity index (χ4v) is 5.29. The Morgan fingerprint density at radius 3 is 2.64 bits per heavy atom. The van der Waals surface area contributed by atoms with E-state index in [1.165, 1.54) is 28.9 Å². The molecular formula is C32H27FN2O. The van der Waals surface area contributed by atoms with E-state index in [-0.39, 0.29) is 11.9 Å². The zero-order valence-electron chi connectivity index (χ0n) is 19.8. The van der Waals surface area contributed by atoms with E-state index in [1.807, 2.05) is 36.5 Å². The summed E-state index contributed by atoms with van der Waals surface area (Å²) in [7, 11) is 0. The van der Waals surface area contributed by atoms with Crippen molar-refractivity contribution in [2.24, 2.45) is 10.9 Å². The summed E-state index contributed by atoms with van der Waals surface area (Å²) in [6.45, 7) is 0.297. The highest BCUT2D eigenvalue weighted by molar-refractivity contribution is 5.85. The molecule has 1 aliphatic carbocycles. The second-order valence-corrected chi connectivity index (χ2v) is 9.37. The molecule has 1 heterocycles. The van der Waals surface area contributed by atoms with Crippen molar-refractivity contribution >= 4 is 17.6 Å². The lowest BCUT2D eigenvalue weighted by atomic mass is 9.77. The number of halogens is 1. The van der Waals surface area contributed by atoms with Crippen molar-refractivity contribution in [3.63, 3.8) is 0 Å². The van der Waals surface area contributed by atoms with Gasteiger partial charge in [0, 0.05) is 23.4 Å². The molecule has 0 fully saturated rings. The summed E-state index contributed by atoms with van der Waals surface area (Å²) in [5, 5.41) is 3.78. The van der Waals surface area contributed by atoms with Crippen LogP contribution in [0.2, 0.25) is 0 Å². The molecule has 0 radical (unpaired) electrons. The molecular weight excluding hydrogens is 447 g/mol. The third-order valence-electron chi connectivity index (χ3n) is 7.08. The number of anilines is 1. The van der Waals surface area contributed by atoms with Crippen molar-refractivity contribution in [2.75, 3.05) is 5.32 Å². The summed E-state index contributed by atoms with van der Waals surface area (Å²) >= 11 is 0. The van der Waals surface area contributed by atoms with E-state index < -0.39 is 0 Å². The molecule has 0 saturated heterocycles. The fraction of sp³-hybridized carbons (Fsp3) is 0.156. The minimum Gasteiger partial charge on any atom is -0.488 e. The van der Waals surface area contributed by atoms with Crippen LogP contribution >= 0.6 is 0 Å². The number of nitrogens with zero attached hydrogens (tertiary/aromatic N) is 1. The smallest absolute Gasteiger partial charge is 0.128 e. The molecule has 3 atom stereocenters. The van der Waals surface area contributed by atoms with Crippen LogP contribution in [-0.4, -0.2) is 6.21 Å². The summed E-state index contributed by atoms with van der Waals surface area (Å²) in [5.41, 5.74) is 6.45. The van der Waals surface area contributed by atoms with Gasteiger partial charge in [0.15, 0.2) is 0 Å². The van der Waals surface area contributed by atoms with Crippen molar-refractivity contribution in [3.8, 4) is 5.75 Å². The molecule has 1 aliphatic heterocycles. The molecule has 0 amide bonds. The van der Waals surface area contributed by atoms with E-state index in [4.69, 9.17) is 9.73 Å². The SMILES string of the molecule is Fc1cccc(COc2ccccc2C=Nc2ccc([C@@H]3Nc4ccccc4[C@H]4C=CC[C@@H]43)cc2)c1. The molecule has 0 saturated carbocycles. The van der Waals surface area contributed by atoms with E-state index >= 15 is 0 Å². The maximum Gasteiger partial charge on any atom is 0.128 e. The van der Waals surface area contributed by atoms with Crippen molar-refractivity contribution < 1.29 is 9.13 Å². The molecule has 0 unspecified atom stereocenters. The summed E-state index contributed by atoms with van der Waals surface area (Å²) in [6, 6.07) is 31.6. The number of nitrogens with one attached hydrogen (secondary N) is 1. The van der Waals surface area contributed by atoms with Crippen LogP contribution < -0.4 is 10.1 Å². The number of hydrogen-bond donors (Lipinski definition) is 1. The first-order valence-electron chi connectivity index (χ1n) is 12.4. The molecule has 3 nitrogen and oxygen atoms in total. The molecule has 2 aliphatic rings. The maximum atomic E-state index is 13.5. The number of benzene rings is 4.